The van der Waals surface area contributed by atoms with Crippen molar-refractivity contribution in [1.82, 2.24) is 4.98 Å². The van der Waals surface area contributed by atoms with Crippen LogP contribution in [0.5, 0.6) is 0 Å². The third-order valence-electron chi connectivity index (χ3n) is 3.57. The Kier molecular flexibility index (Phi) is 4.40. The van der Waals surface area contributed by atoms with Crippen LogP contribution in [-0.2, 0) is 0 Å². The summed E-state index contributed by atoms with van der Waals surface area (Å²) in [7, 11) is 0. The molecule has 0 spiro atoms. The van der Waals surface area contributed by atoms with E-state index in [1.54, 1.807) is 36.7 Å². The number of anilines is 1. The Morgan fingerprint density at radius 2 is 1.87 bits per heavy atom. The fourth-order valence-electron chi connectivity index (χ4n) is 2.33. The average molecular weight is 323 g/mol. The number of aryl methyl sites for hydroxylation is 1. The smallest absolute Gasteiger partial charge is 0.255 e. The zero-order valence-electron chi connectivity index (χ0n) is 12.6. The molecule has 0 aliphatic heterocycles. The highest BCUT2D eigenvalue weighted by Gasteiger charge is 2.10. The van der Waals surface area contributed by atoms with E-state index in [-0.39, 0.29) is 5.91 Å². The number of amides is 1. The highest BCUT2D eigenvalue weighted by Crippen LogP contribution is 2.24. The molecule has 1 aromatic heterocycles. The van der Waals surface area contributed by atoms with Gasteiger partial charge in [-0.2, -0.15) is 0 Å². The molecule has 0 aliphatic carbocycles. The summed E-state index contributed by atoms with van der Waals surface area (Å²) in [5.74, 6) is -0.155. The van der Waals surface area contributed by atoms with Crippen molar-refractivity contribution in [3.63, 3.8) is 0 Å². The first kappa shape index (κ1) is 15.3. The van der Waals surface area contributed by atoms with Crippen molar-refractivity contribution in [2.75, 3.05) is 5.32 Å². The Balaban J connectivity index is 1.88. The molecule has 1 heterocycles. The van der Waals surface area contributed by atoms with Gasteiger partial charge in [-0.25, -0.2) is 0 Å². The summed E-state index contributed by atoms with van der Waals surface area (Å²) in [6, 6.07) is 16.6. The fraction of sp³-hybridized carbons (Fsp3) is 0.0526. The number of nitrogens with zero attached hydrogens (tertiary/aromatic N) is 1. The molecule has 3 aromatic rings. The number of rotatable bonds is 3. The molecule has 1 amide bonds. The molecule has 4 heteroatoms. The molecule has 1 N–H and O–H groups in total. The number of halogens is 1. The van der Waals surface area contributed by atoms with Gasteiger partial charge < -0.3 is 5.32 Å². The Bertz CT molecular complexity index is 830. The number of nitrogens with one attached hydrogen (secondary N) is 1. The van der Waals surface area contributed by atoms with Crippen molar-refractivity contribution in [2.45, 2.75) is 6.92 Å². The van der Waals surface area contributed by atoms with Gasteiger partial charge in [0.05, 0.1) is 0 Å². The van der Waals surface area contributed by atoms with Crippen LogP contribution in [0, 0.1) is 6.92 Å². The number of benzene rings is 2. The molecular weight excluding hydrogens is 308 g/mol. The largest absolute Gasteiger partial charge is 0.322 e. The molecule has 3 rings (SSSR count). The minimum absolute atomic E-state index is 0.155. The fourth-order valence-corrected chi connectivity index (χ4v) is 2.46. The average Bonchev–Trinajstić information content (AvgIpc) is 2.58. The van der Waals surface area contributed by atoms with E-state index in [9.17, 15) is 4.79 Å². The predicted molar refractivity (Wildman–Crippen MR) is 93.8 cm³/mol. The van der Waals surface area contributed by atoms with Gasteiger partial charge in [-0.05, 0) is 60.5 Å². The van der Waals surface area contributed by atoms with Gasteiger partial charge in [0, 0.05) is 34.2 Å². The molecule has 0 saturated carbocycles. The third-order valence-corrected chi connectivity index (χ3v) is 3.83. The lowest BCUT2D eigenvalue weighted by Gasteiger charge is -2.10. The number of carbonyl (C=O) groups is 1. The normalized spacial score (nSPS) is 10.3. The van der Waals surface area contributed by atoms with Crippen molar-refractivity contribution in [1.29, 1.82) is 0 Å². The van der Waals surface area contributed by atoms with Crippen molar-refractivity contribution < 1.29 is 4.79 Å². The topological polar surface area (TPSA) is 42.0 Å². The quantitative estimate of drug-likeness (QED) is 0.740. The number of pyridine rings is 1. The summed E-state index contributed by atoms with van der Waals surface area (Å²) < 4.78 is 0. The number of carbonyl (C=O) groups excluding carboxylic acids is 1. The minimum Gasteiger partial charge on any atom is -0.322 e. The first-order chi connectivity index (χ1) is 11.1. The number of aromatic nitrogens is 1. The molecule has 0 saturated heterocycles. The van der Waals surface area contributed by atoms with Gasteiger partial charge in [-0.1, -0.05) is 23.7 Å². The summed E-state index contributed by atoms with van der Waals surface area (Å²) in [6.45, 7) is 2.02. The van der Waals surface area contributed by atoms with Gasteiger partial charge in [0.1, 0.15) is 0 Å². The molecule has 0 unspecified atom stereocenters. The zero-order chi connectivity index (χ0) is 16.2. The summed E-state index contributed by atoms with van der Waals surface area (Å²) >= 11 is 5.85. The van der Waals surface area contributed by atoms with Gasteiger partial charge in [-0.3, -0.25) is 9.78 Å². The Morgan fingerprint density at radius 1 is 1.09 bits per heavy atom. The predicted octanol–water partition coefficient (Wildman–Crippen LogP) is 4.96. The Labute approximate surface area is 140 Å². The van der Waals surface area contributed by atoms with Crippen LogP contribution in [0.15, 0.2) is 67.0 Å². The SMILES string of the molecule is Cc1ccc(C(=O)Nc2ccc(Cl)cc2)cc1-c1cccnc1. The first-order valence-corrected chi connectivity index (χ1v) is 7.59. The molecule has 0 bridgehead atoms. The van der Waals surface area contributed by atoms with Gasteiger partial charge in [0.2, 0.25) is 0 Å². The second kappa shape index (κ2) is 6.63. The number of hydrogen-bond acceptors (Lipinski definition) is 2. The second-order valence-electron chi connectivity index (χ2n) is 5.23. The minimum atomic E-state index is -0.155. The van der Waals surface area contributed by atoms with Crippen molar-refractivity contribution in [3.05, 3.63) is 83.1 Å². The van der Waals surface area contributed by atoms with Crippen LogP contribution in [0.1, 0.15) is 15.9 Å². The molecule has 114 valence electrons. The van der Waals surface area contributed by atoms with Crippen molar-refractivity contribution in [3.8, 4) is 11.1 Å². The molecular formula is C19H15ClN2O. The van der Waals surface area contributed by atoms with Crippen LogP contribution < -0.4 is 5.32 Å². The van der Waals surface area contributed by atoms with E-state index in [0.29, 0.717) is 16.3 Å². The lowest BCUT2D eigenvalue weighted by atomic mass is 9.99. The van der Waals surface area contributed by atoms with E-state index < -0.39 is 0 Å². The molecule has 23 heavy (non-hydrogen) atoms. The van der Waals surface area contributed by atoms with Crippen LogP contribution in [0.2, 0.25) is 5.02 Å². The van der Waals surface area contributed by atoms with Gasteiger partial charge in [0.15, 0.2) is 0 Å². The zero-order valence-corrected chi connectivity index (χ0v) is 13.3. The van der Waals surface area contributed by atoms with Crippen molar-refractivity contribution in [2.24, 2.45) is 0 Å². The lowest BCUT2D eigenvalue weighted by molar-refractivity contribution is 0.102. The summed E-state index contributed by atoms with van der Waals surface area (Å²) in [5.41, 5.74) is 4.40. The van der Waals surface area contributed by atoms with Crippen LogP contribution >= 0.6 is 11.6 Å². The molecule has 0 aliphatic rings. The number of hydrogen-bond donors (Lipinski definition) is 1. The Morgan fingerprint density at radius 3 is 2.57 bits per heavy atom. The van der Waals surface area contributed by atoms with E-state index in [1.165, 1.54) is 0 Å². The maximum atomic E-state index is 12.4. The molecule has 0 fully saturated rings. The van der Waals surface area contributed by atoms with E-state index in [2.05, 4.69) is 10.3 Å². The maximum Gasteiger partial charge on any atom is 0.255 e. The van der Waals surface area contributed by atoms with E-state index >= 15 is 0 Å². The summed E-state index contributed by atoms with van der Waals surface area (Å²) in [5, 5.41) is 3.51. The van der Waals surface area contributed by atoms with Crippen LogP contribution in [0.25, 0.3) is 11.1 Å². The van der Waals surface area contributed by atoms with E-state index in [1.807, 2.05) is 37.3 Å². The molecule has 2 aromatic carbocycles. The lowest BCUT2D eigenvalue weighted by Crippen LogP contribution is -2.12. The van der Waals surface area contributed by atoms with Crippen molar-refractivity contribution >= 4 is 23.2 Å². The second-order valence-corrected chi connectivity index (χ2v) is 5.67. The van der Waals surface area contributed by atoms with E-state index in [4.69, 9.17) is 11.6 Å². The molecule has 0 radical (unpaired) electrons. The monoisotopic (exact) mass is 322 g/mol. The maximum absolute atomic E-state index is 12.4. The van der Waals surface area contributed by atoms with E-state index in [0.717, 1.165) is 16.7 Å². The first-order valence-electron chi connectivity index (χ1n) is 7.21. The van der Waals surface area contributed by atoms with Gasteiger partial charge >= 0.3 is 0 Å². The summed E-state index contributed by atoms with van der Waals surface area (Å²) in [4.78, 5) is 16.6. The molecule has 0 atom stereocenters. The third kappa shape index (κ3) is 3.58. The van der Waals surface area contributed by atoms with Gasteiger partial charge in [0.25, 0.3) is 5.91 Å². The highest BCUT2D eigenvalue weighted by atomic mass is 35.5. The van der Waals surface area contributed by atoms with Gasteiger partial charge in [-0.15, -0.1) is 0 Å². The van der Waals surface area contributed by atoms with Crippen LogP contribution in [0.3, 0.4) is 0 Å². The Hall–Kier alpha value is -2.65. The molecule has 3 nitrogen and oxygen atoms in total. The van der Waals surface area contributed by atoms with Crippen LogP contribution in [0.4, 0.5) is 5.69 Å². The highest BCUT2D eigenvalue weighted by molar-refractivity contribution is 6.30. The summed E-state index contributed by atoms with van der Waals surface area (Å²) in [6.07, 6.45) is 3.53. The standard InChI is InChI=1S/C19H15ClN2O/c1-13-4-5-14(11-18(13)15-3-2-10-21-12-15)19(23)22-17-8-6-16(20)7-9-17/h2-12H,1H3,(H,22,23). The van der Waals surface area contributed by atoms with Crippen LogP contribution in [-0.4, -0.2) is 10.9 Å².